The summed E-state index contributed by atoms with van der Waals surface area (Å²) in [6, 6.07) is 9.16. The number of nitrogens with zero attached hydrogens (tertiary/aromatic N) is 3. The first-order chi connectivity index (χ1) is 14.7. The topological polar surface area (TPSA) is 57.4 Å². The van der Waals surface area contributed by atoms with Gasteiger partial charge in [0.1, 0.15) is 17.3 Å². The van der Waals surface area contributed by atoms with Gasteiger partial charge in [-0.25, -0.2) is 9.83 Å². The number of benzene rings is 1. The monoisotopic (exact) mass is 421 g/mol. The summed E-state index contributed by atoms with van der Waals surface area (Å²) in [5.74, 6) is 2.07. The second-order valence-corrected chi connectivity index (χ2v) is 8.93. The largest absolute Gasteiger partial charge is 0.498 e. The fourth-order valence-electron chi connectivity index (χ4n) is 3.61. The average molecular weight is 421 g/mol. The molecular formula is C23H28BN3O4. The van der Waals surface area contributed by atoms with Gasteiger partial charge in [-0.3, -0.25) is 0 Å². The highest BCUT2D eigenvalue weighted by atomic mass is 16.7. The van der Waals surface area contributed by atoms with Crippen LogP contribution in [0.5, 0.6) is 11.5 Å². The highest BCUT2D eigenvalue weighted by molar-refractivity contribution is 6.63. The zero-order valence-corrected chi connectivity index (χ0v) is 18.8. The summed E-state index contributed by atoms with van der Waals surface area (Å²) in [6.07, 6.45) is 0. The zero-order chi connectivity index (χ0) is 22.2. The molecule has 0 spiro atoms. The molecule has 0 radical (unpaired) electrons. The Morgan fingerprint density at radius 2 is 1.74 bits per heavy atom. The van der Waals surface area contributed by atoms with Gasteiger partial charge in [0.15, 0.2) is 5.69 Å². The average Bonchev–Trinajstić information content (AvgIpc) is 2.95. The molecule has 1 aromatic carbocycles. The van der Waals surface area contributed by atoms with Crippen molar-refractivity contribution in [2.75, 3.05) is 31.2 Å². The number of hydrogen-bond acceptors (Lipinski definition) is 6. The summed E-state index contributed by atoms with van der Waals surface area (Å²) in [5.41, 5.74) is 1.18. The maximum Gasteiger partial charge on any atom is 0.498 e. The van der Waals surface area contributed by atoms with E-state index in [-0.39, 0.29) is 0 Å². The standard InChI is InChI=1S/C23H28BN3O4/c1-16-13-18(15-21(26-16)27-9-11-28-12-10-27)29-20-14-17(25-6)7-8-19(20)24-30-22(2,3)23(4,5)31-24/h7-8,13-15H,9-12H2,1-5H3. The van der Waals surface area contributed by atoms with Crippen LogP contribution >= 0.6 is 0 Å². The first-order valence-electron chi connectivity index (χ1n) is 10.5. The van der Waals surface area contributed by atoms with Crippen molar-refractivity contribution in [2.45, 2.75) is 45.8 Å². The van der Waals surface area contributed by atoms with Gasteiger partial charge in [-0.2, -0.15) is 0 Å². The van der Waals surface area contributed by atoms with E-state index in [1.165, 1.54) is 0 Å². The van der Waals surface area contributed by atoms with Gasteiger partial charge in [0, 0.05) is 36.4 Å². The van der Waals surface area contributed by atoms with Crippen molar-refractivity contribution in [3.8, 4) is 11.5 Å². The smallest absolute Gasteiger partial charge is 0.459 e. The minimum absolute atomic E-state index is 0.468. The summed E-state index contributed by atoms with van der Waals surface area (Å²) in [5, 5.41) is 0. The Balaban J connectivity index is 1.67. The van der Waals surface area contributed by atoms with Gasteiger partial charge in [0.25, 0.3) is 0 Å². The molecule has 1 aromatic heterocycles. The molecule has 4 rings (SSSR count). The first-order valence-corrected chi connectivity index (χ1v) is 10.5. The van der Waals surface area contributed by atoms with Crippen molar-refractivity contribution in [1.82, 2.24) is 4.98 Å². The number of pyridine rings is 1. The second kappa shape index (κ2) is 8.15. The SMILES string of the molecule is [C-]#[N+]c1ccc(B2OC(C)(C)C(C)(C)O2)c(Oc2cc(C)nc(N3CCOCC3)c2)c1. The second-order valence-electron chi connectivity index (χ2n) is 8.93. The Labute approximate surface area is 184 Å². The summed E-state index contributed by atoms with van der Waals surface area (Å²) in [6.45, 7) is 20.4. The van der Waals surface area contributed by atoms with E-state index < -0.39 is 18.3 Å². The van der Waals surface area contributed by atoms with Crippen molar-refractivity contribution in [2.24, 2.45) is 0 Å². The lowest BCUT2D eigenvalue weighted by Crippen LogP contribution is -2.41. The minimum Gasteiger partial charge on any atom is -0.459 e. The predicted octanol–water partition coefficient (Wildman–Crippen LogP) is 3.87. The number of ether oxygens (including phenoxy) is 2. The highest BCUT2D eigenvalue weighted by Crippen LogP contribution is 2.38. The Morgan fingerprint density at radius 1 is 1.06 bits per heavy atom. The lowest BCUT2D eigenvalue weighted by molar-refractivity contribution is 0.00578. The molecule has 2 aliphatic heterocycles. The molecule has 2 fully saturated rings. The van der Waals surface area contributed by atoms with Crippen molar-refractivity contribution in [3.63, 3.8) is 0 Å². The number of rotatable bonds is 4. The van der Waals surface area contributed by atoms with E-state index in [0.717, 1.165) is 30.1 Å². The fourth-order valence-corrected chi connectivity index (χ4v) is 3.61. The van der Waals surface area contributed by atoms with Gasteiger partial charge in [0.05, 0.1) is 31.0 Å². The van der Waals surface area contributed by atoms with E-state index in [4.69, 9.17) is 25.4 Å². The summed E-state index contributed by atoms with van der Waals surface area (Å²) in [4.78, 5) is 10.4. The zero-order valence-electron chi connectivity index (χ0n) is 18.8. The molecule has 2 aromatic rings. The van der Waals surface area contributed by atoms with Crippen molar-refractivity contribution in [1.29, 1.82) is 0 Å². The number of aryl methyl sites for hydroxylation is 1. The molecule has 8 heteroatoms. The van der Waals surface area contributed by atoms with Gasteiger partial charge >= 0.3 is 7.12 Å². The third kappa shape index (κ3) is 4.40. The van der Waals surface area contributed by atoms with Crippen LogP contribution in [-0.4, -0.2) is 49.6 Å². The van der Waals surface area contributed by atoms with E-state index in [9.17, 15) is 0 Å². The lowest BCUT2D eigenvalue weighted by atomic mass is 9.78. The fraction of sp³-hybridized carbons (Fsp3) is 0.478. The maximum absolute atomic E-state index is 7.41. The van der Waals surface area contributed by atoms with E-state index in [1.807, 2.05) is 52.8 Å². The van der Waals surface area contributed by atoms with Crippen molar-refractivity contribution in [3.05, 3.63) is 47.4 Å². The molecule has 31 heavy (non-hydrogen) atoms. The molecule has 0 aliphatic carbocycles. The molecule has 0 amide bonds. The van der Waals surface area contributed by atoms with Crippen molar-refractivity contribution >= 4 is 24.1 Å². The molecule has 0 unspecified atom stereocenters. The van der Waals surface area contributed by atoms with Gasteiger partial charge in [-0.1, -0.05) is 12.1 Å². The highest BCUT2D eigenvalue weighted by Gasteiger charge is 2.52. The normalized spacial score (nSPS) is 19.9. The van der Waals surface area contributed by atoms with Crippen LogP contribution in [0.3, 0.4) is 0 Å². The van der Waals surface area contributed by atoms with Crippen LogP contribution in [0.15, 0.2) is 30.3 Å². The molecule has 162 valence electrons. The molecule has 3 heterocycles. The van der Waals surface area contributed by atoms with Crippen LogP contribution in [0.25, 0.3) is 4.85 Å². The molecule has 7 nitrogen and oxygen atoms in total. The van der Waals surface area contributed by atoms with Crippen LogP contribution in [0.2, 0.25) is 0 Å². The Kier molecular flexibility index (Phi) is 5.69. The van der Waals surface area contributed by atoms with E-state index in [0.29, 0.717) is 30.4 Å². The van der Waals surface area contributed by atoms with Gasteiger partial charge in [-0.05, 0) is 40.7 Å². The lowest BCUT2D eigenvalue weighted by Gasteiger charge is -2.32. The number of hydrogen-bond donors (Lipinski definition) is 0. The quantitative estimate of drug-likeness (QED) is 0.552. The predicted molar refractivity (Wildman–Crippen MR) is 121 cm³/mol. The van der Waals surface area contributed by atoms with E-state index >= 15 is 0 Å². The maximum atomic E-state index is 7.41. The third-order valence-electron chi connectivity index (χ3n) is 6.11. The van der Waals surface area contributed by atoms with Gasteiger partial charge in [0.2, 0.25) is 0 Å². The Hall–Kier alpha value is -2.60. The van der Waals surface area contributed by atoms with Crippen LogP contribution in [0.1, 0.15) is 33.4 Å². The first kappa shape index (κ1) is 21.6. The number of morpholine rings is 1. The Bertz CT molecular complexity index is 996. The van der Waals surface area contributed by atoms with E-state index in [1.54, 1.807) is 12.1 Å². The van der Waals surface area contributed by atoms with Crippen LogP contribution < -0.4 is 15.1 Å². The molecule has 0 N–H and O–H groups in total. The molecule has 0 atom stereocenters. The van der Waals surface area contributed by atoms with Crippen LogP contribution in [-0.2, 0) is 14.0 Å². The summed E-state index contributed by atoms with van der Waals surface area (Å²) >= 11 is 0. The van der Waals surface area contributed by atoms with Crippen LogP contribution in [0, 0.1) is 13.5 Å². The number of aromatic nitrogens is 1. The summed E-state index contributed by atoms with van der Waals surface area (Å²) < 4.78 is 24.2. The molecule has 2 saturated heterocycles. The van der Waals surface area contributed by atoms with Crippen molar-refractivity contribution < 1.29 is 18.8 Å². The molecule has 2 aliphatic rings. The van der Waals surface area contributed by atoms with Gasteiger partial charge in [-0.15, -0.1) is 0 Å². The Morgan fingerprint density at radius 3 is 2.39 bits per heavy atom. The molecule has 0 bridgehead atoms. The molecular weight excluding hydrogens is 393 g/mol. The minimum atomic E-state index is -0.582. The van der Waals surface area contributed by atoms with Crippen LogP contribution in [0.4, 0.5) is 11.5 Å². The molecule has 0 saturated carbocycles. The van der Waals surface area contributed by atoms with E-state index in [2.05, 4.69) is 14.7 Å². The number of anilines is 1. The van der Waals surface area contributed by atoms with Gasteiger partial charge < -0.3 is 23.7 Å². The third-order valence-corrected chi connectivity index (χ3v) is 6.11. The summed E-state index contributed by atoms with van der Waals surface area (Å²) in [7, 11) is -0.582.